The lowest BCUT2D eigenvalue weighted by atomic mass is 9.89. The van der Waals surface area contributed by atoms with E-state index in [1.54, 1.807) is 19.1 Å². The lowest BCUT2D eigenvalue weighted by molar-refractivity contribution is -0.144. The highest BCUT2D eigenvalue weighted by atomic mass is 16.5. The fourth-order valence-corrected chi connectivity index (χ4v) is 4.99. The number of amidine groups is 1. The van der Waals surface area contributed by atoms with Gasteiger partial charge < -0.3 is 26.1 Å². The smallest absolute Gasteiger partial charge is 0.319 e. The zero-order valence-electron chi connectivity index (χ0n) is 22.2. The monoisotopic (exact) mass is 519 g/mol. The highest BCUT2D eigenvalue weighted by Crippen LogP contribution is 2.30. The molecule has 38 heavy (non-hydrogen) atoms. The van der Waals surface area contributed by atoms with Crippen molar-refractivity contribution < 1.29 is 14.3 Å². The fraction of sp³-hybridized carbons (Fsp3) is 0.429. The average molecular weight is 520 g/mol. The van der Waals surface area contributed by atoms with Gasteiger partial charge in [0.05, 0.1) is 24.2 Å². The number of H-pyrrole nitrogens is 1. The molecule has 0 aliphatic carbocycles. The van der Waals surface area contributed by atoms with E-state index in [1.807, 2.05) is 42.2 Å². The predicted octanol–water partition coefficient (Wildman–Crippen LogP) is 2.47. The number of imidazole rings is 1. The van der Waals surface area contributed by atoms with Crippen molar-refractivity contribution in [1.82, 2.24) is 20.2 Å². The van der Waals surface area contributed by atoms with Gasteiger partial charge in [0.25, 0.3) is 0 Å². The number of ether oxygens (including phenoxy) is 1. The van der Waals surface area contributed by atoms with Crippen LogP contribution in [0.25, 0.3) is 11.0 Å². The number of hydrogen-bond acceptors (Lipinski definition) is 7. The Morgan fingerprint density at radius 1 is 1.29 bits per heavy atom. The number of carbonyl (C=O) groups is 2. The molecule has 1 fully saturated rings. The molecular weight excluding hydrogens is 482 g/mol. The van der Waals surface area contributed by atoms with Crippen LogP contribution in [0.5, 0.6) is 0 Å². The van der Waals surface area contributed by atoms with Gasteiger partial charge in [-0.1, -0.05) is 30.3 Å². The normalized spacial score (nSPS) is 17.8. The summed E-state index contributed by atoms with van der Waals surface area (Å²) in [4.78, 5) is 35.9. The Kier molecular flexibility index (Phi) is 8.13. The SMILES string of the molecule is CCOC(=O)CNC(C)(C(=O)N1CCC[C@@H]1C)c1ccc2[nH]c(CC(N)c3ccc(C(=N)N)cc3)nc2c1. The number of nitrogens with zero attached hydrogens (tertiary/aromatic N) is 2. The van der Waals surface area contributed by atoms with Gasteiger partial charge in [-0.25, -0.2) is 4.98 Å². The fourth-order valence-electron chi connectivity index (χ4n) is 4.99. The molecule has 1 saturated heterocycles. The molecule has 1 aliphatic rings. The molecule has 0 saturated carbocycles. The number of nitrogens with two attached hydrogens (primary N) is 2. The summed E-state index contributed by atoms with van der Waals surface area (Å²) in [6.45, 7) is 6.51. The number of nitrogen functional groups attached to an aromatic ring is 1. The van der Waals surface area contributed by atoms with Gasteiger partial charge in [0.2, 0.25) is 5.91 Å². The second-order valence-corrected chi connectivity index (χ2v) is 10.0. The third-order valence-electron chi connectivity index (χ3n) is 7.31. The van der Waals surface area contributed by atoms with Gasteiger partial charge in [-0.05, 0) is 56.9 Å². The van der Waals surface area contributed by atoms with Gasteiger partial charge in [0.1, 0.15) is 17.2 Å². The minimum absolute atomic E-state index is 0.0135. The van der Waals surface area contributed by atoms with Crippen molar-refractivity contribution in [2.75, 3.05) is 19.7 Å². The zero-order valence-corrected chi connectivity index (χ0v) is 22.2. The molecule has 202 valence electrons. The van der Waals surface area contributed by atoms with Gasteiger partial charge in [0.15, 0.2) is 0 Å². The minimum atomic E-state index is -1.13. The van der Waals surface area contributed by atoms with Crippen molar-refractivity contribution in [3.05, 3.63) is 65.0 Å². The van der Waals surface area contributed by atoms with Crippen molar-refractivity contribution in [1.29, 1.82) is 5.41 Å². The molecule has 0 bridgehead atoms. The zero-order chi connectivity index (χ0) is 27.4. The number of nitrogens with one attached hydrogen (secondary N) is 3. The van der Waals surface area contributed by atoms with Crippen molar-refractivity contribution in [2.24, 2.45) is 11.5 Å². The van der Waals surface area contributed by atoms with Crippen LogP contribution < -0.4 is 16.8 Å². The largest absolute Gasteiger partial charge is 0.465 e. The number of rotatable bonds is 10. The van der Waals surface area contributed by atoms with Crippen molar-refractivity contribution in [3.63, 3.8) is 0 Å². The van der Waals surface area contributed by atoms with Crippen LogP contribution in [0.1, 0.15) is 62.2 Å². The second-order valence-electron chi connectivity index (χ2n) is 10.0. The third-order valence-corrected chi connectivity index (χ3v) is 7.31. The summed E-state index contributed by atoms with van der Waals surface area (Å²) >= 11 is 0. The molecular formula is C28H37N7O3. The molecule has 4 rings (SSSR count). The highest BCUT2D eigenvalue weighted by Gasteiger charge is 2.41. The Bertz CT molecular complexity index is 1320. The summed E-state index contributed by atoms with van der Waals surface area (Å²) in [6, 6.07) is 12.8. The van der Waals surface area contributed by atoms with Crippen molar-refractivity contribution in [3.8, 4) is 0 Å². The molecule has 2 aromatic carbocycles. The molecule has 0 radical (unpaired) electrons. The molecule has 3 atom stereocenters. The number of esters is 1. The molecule has 1 aromatic heterocycles. The Morgan fingerprint density at radius 2 is 2.03 bits per heavy atom. The van der Waals surface area contributed by atoms with Gasteiger partial charge in [0, 0.05) is 30.6 Å². The van der Waals surface area contributed by atoms with Crippen molar-refractivity contribution >= 4 is 28.7 Å². The van der Waals surface area contributed by atoms with Crippen LogP contribution in [0.2, 0.25) is 0 Å². The Hall–Kier alpha value is -3.76. The topological polar surface area (TPSA) is 163 Å². The molecule has 10 heteroatoms. The lowest BCUT2D eigenvalue weighted by Crippen LogP contribution is -2.55. The van der Waals surface area contributed by atoms with Crippen LogP contribution in [-0.4, -0.2) is 58.3 Å². The first kappa shape index (κ1) is 27.3. The van der Waals surface area contributed by atoms with Gasteiger partial charge in [-0.2, -0.15) is 0 Å². The number of aromatic amines is 1. The molecule has 1 aliphatic heterocycles. The maximum Gasteiger partial charge on any atom is 0.319 e. The van der Waals surface area contributed by atoms with Crippen LogP contribution in [0.3, 0.4) is 0 Å². The van der Waals surface area contributed by atoms with E-state index in [-0.39, 0.29) is 37.0 Å². The van der Waals surface area contributed by atoms with Crippen molar-refractivity contribution in [2.45, 2.75) is 57.7 Å². The number of likely N-dealkylation sites (tertiary alicyclic amines) is 1. The highest BCUT2D eigenvalue weighted by molar-refractivity contribution is 5.95. The molecule has 0 spiro atoms. The molecule has 2 heterocycles. The number of hydrogen-bond donors (Lipinski definition) is 5. The first-order chi connectivity index (χ1) is 18.1. The van der Waals surface area contributed by atoms with Crippen LogP contribution in [0.15, 0.2) is 42.5 Å². The first-order valence-corrected chi connectivity index (χ1v) is 13.0. The third kappa shape index (κ3) is 5.71. The van der Waals surface area contributed by atoms with E-state index >= 15 is 0 Å². The molecule has 1 amide bonds. The summed E-state index contributed by atoms with van der Waals surface area (Å²) < 4.78 is 5.09. The summed E-state index contributed by atoms with van der Waals surface area (Å²) in [5, 5.41) is 10.7. The average Bonchev–Trinajstić information content (AvgIpc) is 3.51. The molecule has 2 unspecified atom stereocenters. The van der Waals surface area contributed by atoms with Gasteiger partial charge >= 0.3 is 5.97 Å². The Balaban J connectivity index is 1.59. The summed E-state index contributed by atoms with van der Waals surface area (Å²) in [5.74, 6) is 0.257. The standard InChI is InChI=1S/C28H37N7O3/c1-4-38-25(36)16-32-28(3,27(37)35-13-5-6-17(35)2)20-11-12-22-23(14-20)34-24(33-22)15-21(29)18-7-9-19(10-8-18)26(30)31/h7-12,14,17,21,32H,4-6,13,15-16,29H2,1-3H3,(H3,30,31)(H,33,34)/t17-,21?,28?/m0/s1. The number of aromatic nitrogens is 2. The van der Waals surface area contributed by atoms with E-state index in [0.717, 1.165) is 35.3 Å². The predicted molar refractivity (Wildman–Crippen MR) is 147 cm³/mol. The van der Waals surface area contributed by atoms with Crippen LogP contribution >= 0.6 is 0 Å². The maximum absolute atomic E-state index is 13.8. The molecule has 3 aromatic rings. The number of amides is 1. The summed E-state index contributed by atoms with van der Waals surface area (Å²) in [7, 11) is 0. The number of carbonyl (C=O) groups excluding carboxylic acids is 2. The quantitative estimate of drug-likeness (QED) is 0.156. The van der Waals surface area contributed by atoms with Gasteiger partial charge in [-0.3, -0.25) is 20.3 Å². The van der Waals surface area contributed by atoms with Crippen LogP contribution in [0, 0.1) is 5.41 Å². The van der Waals surface area contributed by atoms with E-state index < -0.39 is 11.5 Å². The second kappa shape index (κ2) is 11.3. The lowest BCUT2D eigenvalue weighted by Gasteiger charge is -2.35. The summed E-state index contributed by atoms with van der Waals surface area (Å²) in [5.41, 5.74) is 14.7. The number of benzene rings is 2. The molecule has 7 N–H and O–H groups in total. The van der Waals surface area contributed by atoms with E-state index in [2.05, 4.69) is 17.2 Å². The van der Waals surface area contributed by atoms with Crippen LogP contribution in [0.4, 0.5) is 0 Å². The van der Waals surface area contributed by atoms with E-state index in [4.69, 9.17) is 26.6 Å². The summed E-state index contributed by atoms with van der Waals surface area (Å²) in [6.07, 6.45) is 2.39. The molecule has 10 nitrogen and oxygen atoms in total. The Morgan fingerprint density at radius 3 is 2.66 bits per heavy atom. The van der Waals surface area contributed by atoms with E-state index in [9.17, 15) is 9.59 Å². The van der Waals surface area contributed by atoms with E-state index in [1.165, 1.54) is 0 Å². The Labute approximate surface area is 222 Å². The van der Waals surface area contributed by atoms with Gasteiger partial charge in [-0.15, -0.1) is 0 Å². The minimum Gasteiger partial charge on any atom is -0.465 e. The first-order valence-electron chi connectivity index (χ1n) is 13.0. The maximum atomic E-state index is 13.8. The number of fused-ring (bicyclic) bond motifs is 1. The van der Waals surface area contributed by atoms with E-state index in [0.29, 0.717) is 24.0 Å². The van der Waals surface area contributed by atoms with Crippen LogP contribution in [-0.2, 0) is 26.3 Å².